The van der Waals surface area contributed by atoms with Gasteiger partial charge in [0.15, 0.2) is 0 Å². The average molecular weight is 165 g/mol. The van der Waals surface area contributed by atoms with E-state index in [1.807, 2.05) is 0 Å². The van der Waals surface area contributed by atoms with Crippen molar-refractivity contribution in [3.63, 3.8) is 0 Å². The average Bonchev–Trinajstić information content (AvgIpc) is 2.58. The number of carbonyl (C=O) groups is 1. The van der Waals surface area contributed by atoms with E-state index >= 15 is 0 Å². The van der Waals surface area contributed by atoms with Crippen LogP contribution in [-0.4, -0.2) is 21.9 Å². The maximum Gasteiger partial charge on any atom is 0.269 e. The van der Waals surface area contributed by atoms with E-state index in [1.54, 1.807) is 0 Å². The number of carbonyl (C=O) groups excluding carboxylic acids is 1. The predicted molar refractivity (Wildman–Crippen MR) is 43.6 cm³/mol. The van der Waals surface area contributed by atoms with E-state index in [-0.39, 0.29) is 5.91 Å². The Morgan fingerprint density at radius 3 is 3.08 bits per heavy atom. The van der Waals surface area contributed by atoms with Gasteiger partial charge in [-0.2, -0.15) is 0 Å². The van der Waals surface area contributed by atoms with Crippen LogP contribution in [0.4, 0.5) is 0 Å². The summed E-state index contributed by atoms with van der Waals surface area (Å²) in [6, 6.07) is 0.376. The third kappa shape index (κ3) is 1.32. The topological polar surface area (TPSA) is 57.8 Å². The summed E-state index contributed by atoms with van der Waals surface area (Å²) >= 11 is 0. The highest BCUT2D eigenvalue weighted by atomic mass is 16.2. The maximum absolute atomic E-state index is 11.3. The van der Waals surface area contributed by atoms with E-state index in [2.05, 4.69) is 22.2 Å². The van der Waals surface area contributed by atoms with Crippen molar-refractivity contribution in [2.45, 2.75) is 19.4 Å². The van der Waals surface area contributed by atoms with Crippen LogP contribution in [0.3, 0.4) is 0 Å². The summed E-state index contributed by atoms with van der Waals surface area (Å²) in [7, 11) is 0. The summed E-state index contributed by atoms with van der Waals surface area (Å²) < 4.78 is 0. The van der Waals surface area contributed by atoms with E-state index in [0.29, 0.717) is 17.7 Å². The molecule has 2 atom stereocenters. The molecule has 1 fully saturated rings. The lowest BCUT2D eigenvalue weighted by Gasteiger charge is -1.99. The van der Waals surface area contributed by atoms with Crippen molar-refractivity contribution in [1.82, 2.24) is 15.3 Å². The molecule has 1 aliphatic rings. The van der Waals surface area contributed by atoms with Crippen molar-refractivity contribution in [1.29, 1.82) is 0 Å². The molecule has 64 valence electrons. The molecule has 0 spiro atoms. The number of aromatic amines is 1. The molecule has 0 saturated heterocycles. The lowest BCUT2D eigenvalue weighted by molar-refractivity contribution is 0.0945. The fourth-order valence-electron chi connectivity index (χ4n) is 1.15. The van der Waals surface area contributed by atoms with Gasteiger partial charge in [-0.25, -0.2) is 4.98 Å². The van der Waals surface area contributed by atoms with Crippen LogP contribution in [0.15, 0.2) is 12.5 Å². The Bertz CT molecular complexity index is 281. The summed E-state index contributed by atoms with van der Waals surface area (Å²) in [4.78, 5) is 17.9. The van der Waals surface area contributed by atoms with Crippen molar-refractivity contribution in [2.24, 2.45) is 5.92 Å². The van der Waals surface area contributed by atoms with Crippen molar-refractivity contribution in [3.05, 3.63) is 18.2 Å². The van der Waals surface area contributed by atoms with Gasteiger partial charge >= 0.3 is 0 Å². The quantitative estimate of drug-likeness (QED) is 0.672. The fourth-order valence-corrected chi connectivity index (χ4v) is 1.15. The first-order chi connectivity index (χ1) is 5.77. The molecular weight excluding hydrogens is 154 g/mol. The van der Waals surface area contributed by atoms with Gasteiger partial charge in [0.25, 0.3) is 5.91 Å². The van der Waals surface area contributed by atoms with Crippen LogP contribution in [-0.2, 0) is 0 Å². The zero-order valence-corrected chi connectivity index (χ0v) is 6.87. The Balaban J connectivity index is 1.93. The number of amides is 1. The molecule has 0 aromatic carbocycles. The predicted octanol–water partition coefficient (Wildman–Crippen LogP) is 0.548. The maximum atomic E-state index is 11.3. The van der Waals surface area contributed by atoms with E-state index in [1.165, 1.54) is 12.5 Å². The van der Waals surface area contributed by atoms with Crippen LogP contribution in [0.2, 0.25) is 0 Å². The standard InChI is InChI=1S/C8H11N3O/c1-5-2-6(5)11-8(12)7-3-9-4-10-7/h3-6H,2H2,1H3,(H,9,10)(H,11,12)/t5-,6-/m1/s1. The van der Waals surface area contributed by atoms with Crippen molar-refractivity contribution < 1.29 is 4.79 Å². The van der Waals surface area contributed by atoms with Gasteiger partial charge in [0.1, 0.15) is 5.69 Å². The van der Waals surface area contributed by atoms with E-state index in [9.17, 15) is 4.79 Å². The zero-order chi connectivity index (χ0) is 8.55. The minimum Gasteiger partial charge on any atom is -0.348 e. The fraction of sp³-hybridized carbons (Fsp3) is 0.500. The van der Waals surface area contributed by atoms with Gasteiger partial charge in [-0.1, -0.05) is 6.92 Å². The van der Waals surface area contributed by atoms with Gasteiger partial charge in [0, 0.05) is 6.04 Å². The number of aromatic nitrogens is 2. The van der Waals surface area contributed by atoms with Crippen LogP contribution in [0.25, 0.3) is 0 Å². The molecule has 1 amide bonds. The molecule has 1 aromatic rings. The Kier molecular flexibility index (Phi) is 1.60. The lowest BCUT2D eigenvalue weighted by Crippen LogP contribution is -2.26. The van der Waals surface area contributed by atoms with Gasteiger partial charge in [-0.3, -0.25) is 4.79 Å². The minimum atomic E-state index is -0.0538. The van der Waals surface area contributed by atoms with Crippen molar-refractivity contribution >= 4 is 5.91 Å². The summed E-state index contributed by atoms with van der Waals surface area (Å²) in [5.41, 5.74) is 0.536. The summed E-state index contributed by atoms with van der Waals surface area (Å²) in [5, 5.41) is 2.90. The number of imidazole rings is 1. The second-order valence-electron chi connectivity index (χ2n) is 3.26. The van der Waals surface area contributed by atoms with Crippen LogP contribution in [0, 0.1) is 5.92 Å². The SMILES string of the molecule is C[C@@H]1C[C@H]1NC(=O)c1cnc[nH]1. The first-order valence-corrected chi connectivity index (χ1v) is 4.06. The van der Waals surface area contributed by atoms with Gasteiger partial charge in [0.05, 0.1) is 12.5 Å². The van der Waals surface area contributed by atoms with Crippen LogP contribution in [0.5, 0.6) is 0 Å². The molecule has 1 aliphatic carbocycles. The summed E-state index contributed by atoms with van der Waals surface area (Å²) in [5.74, 6) is 0.582. The monoisotopic (exact) mass is 165 g/mol. The molecule has 4 nitrogen and oxygen atoms in total. The Morgan fingerprint density at radius 2 is 2.58 bits per heavy atom. The van der Waals surface area contributed by atoms with Gasteiger partial charge < -0.3 is 10.3 Å². The van der Waals surface area contributed by atoms with Crippen molar-refractivity contribution in [3.8, 4) is 0 Å². The number of rotatable bonds is 2. The number of nitrogens with zero attached hydrogens (tertiary/aromatic N) is 1. The molecule has 2 rings (SSSR count). The minimum absolute atomic E-state index is 0.0538. The van der Waals surface area contributed by atoms with E-state index in [0.717, 1.165) is 6.42 Å². The smallest absolute Gasteiger partial charge is 0.269 e. The summed E-state index contributed by atoms with van der Waals surface area (Å²) in [6.45, 7) is 2.12. The highest BCUT2D eigenvalue weighted by molar-refractivity contribution is 5.92. The second kappa shape index (κ2) is 2.62. The van der Waals surface area contributed by atoms with Crippen molar-refractivity contribution in [2.75, 3.05) is 0 Å². The molecule has 1 heterocycles. The zero-order valence-electron chi connectivity index (χ0n) is 6.87. The molecule has 2 N–H and O–H groups in total. The van der Waals surface area contributed by atoms with E-state index in [4.69, 9.17) is 0 Å². The third-order valence-corrected chi connectivity index (χ3v) is 2.17. The molecule has 0 bridgehead atoms. The number of H-pyrrole nitrogens is 1. The molecule has 0 unspecified atom stereocenters. The van der Waals surface area contributed by atoms with Gasteiger partial charge in [-0.05, 0) is 12.3 Å². The van der Waals surface area contributed by atoms with Crippen LogP contribution in [0.1, 0.15) is 23.8 Å². The van der Waals surface area contributed by atoms with E-state index < -0.39 is 0 Å². The molecular formula is C8H11N3O. The largest absolute Gasteiger partial charge is 0.348 e. The first-order valence-electron chi connectivity index (χ1n) is 4.06. The number of hydrogen-bond donors (Lipinski definition) is 2. The van der Waals surface area contributed by atoms with Crippen LogP contribution < -0.4 is 5.32 Å². The van der Waals surface area contributed by atoms with Gasteiger partial charge in [-0.15, -0.1) is 0 Å². The lowest BCUT2D eigenvalue weighted by atomic mass is 10.4. The Labute approximate surface area is 70.4 Å². The second-order valence-corrected chi connectivity index (χ2v) is 3.26. The molecule has 0 radical (unpaired) electrons. The molecule has 0 aliphatic heterocycles. The molecule has 1 aromatic heterocycles. The van der Waals surface area contributed by atoms with Gasteiger partial charge in [0.2, 0.25) is 0 Å². The molecule has 4 heteroatoms. The molecule has 1 saturated carbocycles. The highest BCUT2D eigenvalue weighted by Gasteiger charge is 2.34. The number of hydrogen-bond acceptors (Lipinski definition) is 2. The Morgan fingerprint density at radius 1 is 1.83 bits per heavy atom. The molecule has 12 heavy (non-hydrogen) atoms. The van der Waals surface area contributed by atoms with Crippen LogP contribution >= 0.6 is 0 Å². The third-order valence-electron chi connectivity index (χ3n) is 2.17. The highest BCUT2D eigenvalue weighted by Crippen LogP contribution is 2.28. The first kappa shape index (κ1) is 7.34. The summed E-state index contributed by atoms with van der Waals surface area (Å²) in [6.07, 6.45) is 4.13. The normalized spacial score (nSPS) is 26.8. The number of nitrogens with one attached hydrogen (secondary N) is 2. The Hall–Kier alpha value is -1.32.